The lowest BCUT2D eigenvalue weighted by molar-refractivity contribution is 0.301. The van der Waals surface area contributed by atoms with Crippen LogP contribution in [-0.2, 0) is 13.7 Å². The van der Waals surface area contributed by atoms with Gasteiger partial charge in [-0.25, -0.2) is 0 Å². The first-order valence-electron chi connectivity index (χ1n) is 4.70. The zero-order chi connectivity index (χ0) is 10.8. The van der Waals surface area contributed by atoms with Crippen molar-refractivity contribution in [1.82, 2.24) is 14.9 Å². The Bertz CT molecular complexity index is 439. The molecule has 5 nitrogen and oxygen atoms in total. The minimum Gasteiger partial charge on any atom is -0.485 e. The van der Waals surface area contributed by atoms with Gasteiger partial charge in [0.25, 0.3) is 0 Å². The van der Waals surface area contributed by atoms with Gasteiger partial charge in [0.1, 0.15) is 12.4 Å². The molecule has 0 fully saturated rings. The molecule has 0 unspecified atom stereocenters. The van der Waals surface area contributed by atoms with Crippen molar-refractivity contribution in [2.24, 2.45) is 7.05 Å². The fourth-order valence-electron chi connectivity index (χ4n) is 1.34. The molecule has 0 radical (unpaired) electrons. The average Bonchev–Trinajstić information content (AvgIpc) is 2.73. The minimum atomic E-state index is 0.465. The van der Waals surface area contributed by atoms with Gasteiger partial charge in [-0.2, -0.15) is 5.10 Å². The number of aromatic nitrogens is 3. The number of rotatable bonds is 3. The van der Waals surface area contributed by atoms with Crippen molar-refractivity contribution in [3.8, 4) is 5.75 Å². The molecule has 0 spiro atoms. The van der Waals surface area contributed by atoms with Crippen LogP contribution in [0.4, 0.5) is 0 Å². The van der Waals surface area contributed by atoms with E-state index in [1.807, 2.05) is 27.1 Å². The molecular formula is C10H13N3O2. The summed E-state index contributed by atoms with van der Waals surface area (Å²) in [5.74, 6) is 1.55. The highest BCUT2D eigenvalue weighted by atomic mass is 16.5. The molecule has 0 aliphatic rings. The van der Waals surface area contributed by atoms with Crippen LogP contribution in [0.2, 0.25) is 0 Å². The molecule has 0 aliphatic carbocycles. The number of nitrogens with zero attached hydrogens (tertiary/aromatic N) is 3. The first-order valence-corrected chi connectivity index (χ1v) is 4.70. The lowest BCUT2D eigenvalue weighted by atomic mass is 10.2. The monoisotopic (exact) mass is 207 g/mol. The molecule has 0 bridgehead atoms. The van der Waals surface area contributed by atoms with Gasteiger partial charge in [0.15, 0.2) is 5.75 Å². The normalized spacial score (nSPS) is 10.6. The van der Waals surface area contributed by atoms with Gasteiger partial charge in [0, 0.05) is 7.05 Å². The molecule has 2 heterocycles. The van der Waals surface area contributed by atoms with E-state index in [2.05, 4.69) is 10.3 Å². The maximum atomic E-state index is 5.55. The van der Waals surface area contributed by atoms with E-state index in [1.54, 1.807) is 10.9 Å². The molecular weight excluding hydrogens is 194 g/mol. The summed E-state index contributed by atoms with van der Waals surface area (Å²) in [6, 6.07) is 0. The maximum absolute atomic E-state index is 5.55. The van der Waals surface area contributed by atoms with Crippen molar-refractivity contribution in [2.45, 2.75) is 20.5 Å². The Morgan fingerprint density at radius 3 is 2.80 bits per heavy atom. The van der Waals surface area contributed by atoms with Crippen LogP contribution in [0.5, 0.6) is 5.75 Å². The lowest BCUT2D eigenvalue weighted by Crippen LogP contribution is -1.97. The Balaban J connectivity index is 2.05. The van der Waals surface area contributed by atoms with E-state index in [4.69, 9.17) is 9.26 Å². The van der Waals surface area contributed by atoms with E-state index < -0.39 is 0 Å². The third-order valence-electron chi connectivity index (χ3n) is 2.25. The zero-order valence-corrected chi connectivity index (χ0v) is 9.02. The Morgan fingerprint density at radius 1 is 1.47 bits per heavy atom. The first-order chi connectivity index (χ1) is 7.16. The number of aryl methyl sites for hydroxylation is 3. The van der Waals surface area contributed by atoms with Gasteiger partial charge in [-0.1, -0.05) is 5.16 Å². The summed E-state index contributed by atoms with van der Waals surface area (Å²) in [5.41, 5.74) is 1.87. The summed E-state index contributed by atoms with van der Waals surface area (Å²) < 4.78 is 12.3. The Labute approximate surface area is 87.6 Å². The second-order valence-electron chi connectivity index (χ2n) is 3.44. The molecule has 15 heavy (non-hydrogen) atoms. The summed E-state index contributed by atoms with van der Waals surface area (Å²) in [7, 11) is 1.85. The van der Waals surface area contributed by atoms with E-state index in [0.29, 0.717) is 6.61 Å². The van der Waals surface area contributed by atoms with Crippen molar-refractivity contribution in [3.05, 3.63) is 29.4 Å². The summed E-state index contributed by atoms with van der Waals surface area (Å²) >= 11 is 0. The Kier molecular flexibility index (Phi) is 2.45. The fraction of sp³-hybridized carbons (Fsp3) is 0.400. The highest BCUT2D eigenvalue weighted by Crippen LogP contribution is 2.16. The largest absolute Gasteiger partial charge is 0.485 e. The highest BCUT2D eigenvalue weighted by molar-refractivity contribution is 5.21. The molecule has 0 aromatic carbocycles. The lowest BCUT2D eigenvalue weighted by Gasteiger charge is -2.01. The predicted molar refractivity (Wildman–Crippen MR) is 53.5 cm³/mol. The van der Waals surface area contributed by atoms with Gasteiger partial charge in [-0.3, -0.25) is 4.68 Å². The molecule has 0 aliphatic heterocycles. The van der Waals surface area contributed by atoms with Gasteiger partial charge in [0.2, 0.25) is 0 Å². The predicted octanol–water partition coefficient (Wildman–Crippen LogP) is 1.60. The van der Waals surface area contributed by atoms with E-state index in [-0.39, 0.29) is 0 Å². The number of ether oxygens (including phenoxy) is 1. The topological polar surface area (TPSA) is 53.1 Å². The molecule has 0 N–H and O–H groups in total. The van der Waals surface area contributed by atoms with Crippen molar-refractivity contribution in [3.63, 3.8) is 0 Å². The Hall–Kier alpha value is -1.78. The van der Waals surface area contributed by atoms with Crippen LogP contribution >= 0.6 is 0 Å². The molecule has 0 atom stereocenters. The molecule has 0 saturated carbocycles. The van der Waals surface area contributed by atoms with E-state index in [9.17, 15) is 0 Å². The van der Waals surface area contributed by atoms with Gasteiger partial charge in [-0.15, -0.1) is 0 Å². The van der Waals surface area contributed by atoms with Crippen LogP contribution in [0.15, 0.2) is 16.9 Å². The third-order valence-corrected chi connectivity index (χ3v) is 2.25. The van der Waals surface area contributed by atoms with Crippen LogP contribution in [0.25, 0.3) is 0 Å². The van der Waals surface area contributed by atoms with Crippen molar-refractivity contribution in [2.75, 3.05) is 0 Å². The summed E-state index contributed by atoms with van der Waals surface area (Å²) in [6.45, 7) is 4.24. The molecule has 0 saturated heterocycles. The van der Waals surface area contributed by atoms with Crippen LogP contribution in [0.3, 0.4) is 0 Å². The van der Waals surface area contributed by atoms with Crippen molar-refractivity contribution in [1.29, 1.82) is 0 Å². The van der Waals surface area contributed by atoms with E-state index >= 15 is 0 Å². The van der Waals surface area contributed by atoms with Gasteiger partial charge >= 0.3 is 0 Å². The van der Waals surface area contributed by atoms with Crippen LogP contribution in [-0.4, -0.2) is 14.9 Å². The quantitative estimate of drug-likeness (QED) is 0.767. The SMILES string of the molecule is Cc1noc(C)c1COc1cnn(C)c1. The minimum absolute atomic E-state index is 0.465. The van der Waals surface area contributed by atoms with Crippen LogP contribution < -0.4 is 4.74 Å². The summed E-state index contributed by atoms with van der Waals surface area (Å²) in [4.78, 5) is 0. The Morgan fingerprint density at radius 2 is 2.27 bits per heavy atom. The molecule has 2 aromatic rings. The first kappa shape index (κ1) is 9.76. The standard InChI is InChI=1S/C10H13N3O2/c1-7-10(8(2)15-12-7)6-14-9-4-11-13(3)5-9/h4-5H,6H2,1-3H3. The second-order valence-corrected chi connectivity index (χ2v) is 3.44. The van der Waals surface area contributed by atoms with Gasteiger partial charge < -0.3 is 9.26 Å². The fourth-order valence-corrected chi connectivity index (χ4v) is 1.34. The smallest absolute Gasteiger partial charge is 0.157 e. The third kappa shape index (κ3) is 2.01. The molecule has 5 heteroatoms. The van der Waals surface area contributed by atoms with Crippen LogP contribution in [0, 0.1) is 13.8 Å². The number of hydrogen-bond donors (Lipinski definition) is 0. The molecule has 80 valence electrons. The molecule has 2 aromatic heterocycles. The summed E-state index contributed by atoms with van der Waals surface area (Å²) in [5, 5.41) is 7.87. The molecule has 0 amide bonds. The van der Waals surface area contributed by atoms with E-state index in [0.717, 1.165) is 22.8 Å². The number of hydrogen-bond acceptors (Lipinski definition) is 4. The highest BCUT2D eigenvalue weighted by Gasteiger charge is 2.09. The van der Waals surface area contributed by atoms with Crippen LogP contribution in [0.1, 0.15) is 17.0 Å². The van der Waals surface area contributed by atoms with E-state index in [1.165, 1.54) is 0 Å². The average molecular weight is 207 g/mol. The second kappa shape index (κ2) is 3.76. The summed E-state index contributed by atoms with van der Waals surface area (Å²) in [6.07, 6.45) is 3.50. The zero-order valence-electron chi connectivity index (χ0n) is 9.02. The van der Waals surface area contributed by atoms with Gasteiger partial charge in [-0.05, 0) is 13.8 Å². The molecule has 2 rings (SSSR count). The van der Waals surface area contributed by atoms with Gasteiger partial charge in [0.05, 0.1) is 23.7 Å². The van der Waals surface area contributed by atoms with Crippen molar-refractivity contribution < 1.29 is 9.26 Å². The maximum Gasteiger partial charge on any atom is 0.157 e. The van der Waals surface area contributed by atoms with Crippen molar-refractivity contribution >= 4 is 0 Å².